The second kappa shape index (κ2) is 7.37. The Hall–Kier alpha value is -1.18. The van der Waals surface area contributed by atoms with E-state index in [1.165, 1.54) is 11.8 Å². The van der Waals surface area contributed by atoms with Crippen LogP contribution in [0.2, 0.25) is 0 Å². The molecule has 1 saturated heterocycles. The Balaban J connectivity index is 1.78. The van der Waals surface area contributed by atoms with E-state index in [-0.39, 0.29) is 16.9 Å². The van der Waals surface area contributed by atoms with Crippen molar-refractivity contribution in [1.29, 1.82) is 0 Å². The largest absolute Gasteiger partial charge is 0.288 e. The average Bonchev–Trinajstić information content (AvgIpc) is 3.09. The standard InChI is InChI=1S/C17H17BrN2O2S2/c1-10-16(13-3-5-14(18)6-4-13)19-17(24-10)20-8-12(7-15(20)22)9-23-11(2)21/h3-6,12H,7-9H2,1-2H3. The lowest BCUT2D eigenvalue weighted by Crippen LogP contribution is -2.24. The minimum absolute atomic E-state index is 0.0975. The molecule has 1 fully saturated rings. The Morgan fingerprint density at radius 2 is 2.12 bits per heavy atom. The van der Waals surface area contributed by atoms with Crippen molar-refractivity contribution >= 4 is 55.2 Å². The average molecular weight is 425 g/mol. The molecule has 2 aromatic rings. The summed E-state index contributed by atoms with van der Waals surface area (Å²) in [6.07, 6.45) is 0.493. The highest BCUT2D eigenvalue weighted by Gasteiger charge is 2.33. The van der Waals surface area contributed by atoms with Crippen molar-refractivity contribution < 1.29 is 9.59 Å². The first-order valence-corrected chi connectivity index (χ1v) is 10.2. The fraction of sp³-hybridized carbons (Fsp3) is 0.353. The number of nitrogens with zero attached hydrogens (tertiary/aromatic N) is 2. The maximum atomic E-state index is 12.3. The zero-order chi connectivity index (χ0) is 17.3. The number of aryl methyl sites for hydroxylation is 1. The van der Waals surface area contributed by atoms with Crippen molar-refractivity contribution in [2.45, 2.75) is 20.3 Å². The number of rotatable bonds is 4. The van der Waals surface area contributed by atoms with Crippen molar-refractivity contribution in [3.63, 3.8) is 0 Å². The van der Waals surface area contributed by atoms with E-state index in [4.69, 9.17) is 4.98 Å². The number of thioether (sulfide) groups is 1. The molecule has 0 bridgehead atoms. The van der Waals surface area contributed by atoms with Gasteiger partial charge in [0.2, 0.25) is 5.91 Å². The van der Waals surface area contributed by atoms with E-state index in [9.17, 15) is 9.59 Å². The number of amides is 1. The molecule has 0 aliphatic carbocycles. The molecule has 24 heavy (non-hydrogen) atoms. The van der Waals surface area contributed by atoms with Gasteiger partial charge in [0.25, 0.3) is 0 Å². The van der Waals surface area contributed by atoms with Crippen molar-refractivity contribution in [2.24, 2.45) is 5.92 Å². The highest BCUT2D eigenvalue weighted by Crippen LogP contribution is 2.36. The Labute approximate surface area is 157 Å². The molecule has 0 saturated carbocycles. The summed E-state index contributed by atoms with van der Waals surface area (Å²) in [5, 5.41) is 0.856. The van der Waals surface area contributed by atoms with Gasteiger partial charge in [-0.25, -0.2) is 4.98 Å². The topological polar surface area (TPSA) is 50.3 Å². The molecule has 7 heteroatoms. The number of hydrogen-bond donors (Lipinski definition) is 0. The summed E-state index contributed by atoms with van der Waals surface area (Å²) in [6.45, 7) is 4.24. The summed E-state index contributed by atoms with van der Waals surface area (Å²) >= 11 is 6.28. The van der Waals surface area contributed by atoms with Crippen LogP contribution in [0.5, 0.6) is 0 Å². The number of halogens is 1. The number of carbonyl (C=O) groups excluding carboxylic acids is 2. The number of hydrogen-bond acceptors (Lipinski definition) is 5. The zero-order valence-corrected chi connectivity index (χ0v) is 16.6. The van der Waals surface area contributed by atoms with Crippen LogP contribution in [0.15, 0.2) is 28.7 Å². The van der Waals surface area contributed by atoms with Crippen molar-refractivity contribution in [3.8, 4) is 11.3 Å². The Bertz CT molecular complexity index is 773. The zero-order valence-electron chi connectivity index (χ0n) is 13.4. The Morgan fingerprint density at radius 3 is 2.79 bits per heavy atom. The molecule has 4 nitrogen and oxygen atoms in total. The van der Waals surface area contributed by atoms with Crippen molar-refractivity contribution in [1.82, 2.24) is 4.98 Å². The third kappa shape index (κ3) is 3.90. The van der Waals surface area contributed by atoms with Gasteiger partial charge in [-0.1, -0.05) is 39.8 Å². The third-order valence-corrected chi connectivity index (χ3v) is 6.43. The molecular weight excluding hydrogens is 408 g/mol. The van der Waals surface area contributed by atoms with Crippen LogP contribution in [-0.2, 0) is 9.59 Å². The highest BCUT2D eigenvalue weighted by atomic mass is 79.9. The molecule has 1 atom stereocenters. The SMILES string of the molecule is CC(=O)SCC1CC(=O)N(c2nc(-c3ccc(Br)cc3)c(C)s2)C1. The molecule has 1 aromatic carbocycles. The number of benzene rings is 1. The molecule has 1 aromatic heterocycles. The maximum absolute atomic E-state index is 12.3. The summed E-state index contributed by atoms with van der Waals surface area (Å²) < 4.78 is 1.03. The van der Waals surface area contributed by atoms with Gasteiger partial charge >= 0.3 is 0 Å². The molecule has 3 rings (SSSR count). The van der Waals surface area contributed by atoms with E-state index in [2.05, 4.69) is 15.9 Å². The second-order valence-electron chi connectivity index (χ2n) is 5.79. The predicted molar refractivity (Wildman–Crippen MR) is 104 cm³/mol. The van der Waals surface area contributed by atoms with Gasteiger partial charge in [-0.05, 0) is 25.0 Å². The first kappa shape index (κ1) is 17.6. The third-order valence-electron chi connectivity index (χ3n) is 3.86. The number of thiazole rings is 1. The lowest BCUT2D eigenvalue weighted by Gasteiger charge is -2.12. The van der Waals surface area contributed by atoms with Crippen molar-refractivity contribution in [3.05, 3.63) is 33.6 Å². The number of carbonyl (C=O) groups is 2. The van der Waals surface area contributed by atoms with Crippen molar-refractivity contribution in [2.75, 3.05) is 17.2 Å². The van der Waals surface area contributed by atoms with Crippen LogP contribution in [0, 0.1) is 12.8 Å². The van der Waals surface area contributed by atoms with Gasteiger partial charge in [-0.3, -0.25) is 14.5 Å². The fourth-order valence-electron chi connectivity index (χ4n) is 2.69. The minimum Gasteiger partial charge on any atom is -0.288 e. The van der Waals surface area contributed by atoms with Crippen LogP contribution in [0.1, 0.15) is 18.2 Å². The molecule has 1 aliphatic rings. The molecule has 1 aliphatic heterocycles. The highest BCUT2D eigenvalue weighted by molar-refractivity contribution is 9.10. The molecular formula is C17H17BrN2O2S2. The first-order chi connectivity index (χ1) is 11.4. The quantitative estimate of drug-likeness (QED) is 0.723. The van der Waals surface area contributed by atoms with E-state index in [0.29, 0.717) is 18.7 Å². The smallest absolute Gasteiger partial charge is 0.229 e. The van der Waals surface area contributed by atoms with Gasteiger partial charge in [-0.15, -0.1) is 11.3 Å². The minimum atomic E-state index is 0.0975. The van der Waals surface area contributed by atoms with Gasteiger partial charge in [0.1, 0.15) is 0 Å². The van der Waals surface area contributed by atoms with Gasteiger partial charge in [-0.2, -0.15) is 0 Å². The summed E-state index contributed by atoms with van der Waals surface area (Å²) in [6, 6.07) is 8.02. The lowest BCUT2D eigenvalue weighted by atomic mass is 10.1. The van der Waals surface area contributed by atoms with Gasteiger partial charge in [0.15, 0.2) is 10.2 Å². The molecule has 0 spiro atoms. The monoisotopic (exact) mass is 424 g/mol. The van der Waals surface area contributed by atoms with E-state index >= 15 is 0 Å². The molecule has 1 amide bonds. The van der Waals surface area contributed by atoms with E-state index in [1.54, 1.807) is 23.2 Å². The van der Waals surface area contributed by atoms with Crippen LogP contribution >= 0.6 is 39.0 Å². The molecule has 126 valence electrons. The fourth-order valence-corrected chi connectivity index (χ4v) is 4.60. The van der Waals surface area contributed by atoms with Gasteiger partial charge in [0.05, 0.1) is 5.69 Å². The molecule has 2 heterocycles. The summed E-state index contributed by atoms with van der Waals surface area (Å²) in [5.41, 5.74) is 1.98. The predicted octanol–water partition coefficient (Wildman–Crippen LogP) is 4.51. The Kier molecular flexibility index (Phi) is 5.42. The van der Waals surface area contributed by atoms with Gasteiger partial charge < -0.3 is 0 Å². The van der Waals surface area contributed by atoms with Crippen LogP contribution < -0.4 is 4.90 Å². The summed E-state index contributed by atoms with van der Waals surface area (Å²) in [7, 11) is 0. The summed E-state index contributed by atoms with van der Waals surface area (Å²) in [5.74, 6) is 1.01. The maximum Gasteiger partial charge on any atom is 0.229 e. The lowest BCUT2D eigenvalue weighted by molar-refractivity contribution is -0.117. The van der Waals surface area contributed by atoms with Gasteiger partial charge in [0, 0.05) is 40.6 Å². The normalized spacial score (nSPS) is 17.5. The van der Waals surface area contributed by atoms with Crippen LogP contribution in [-0.4, -0.2) is 28.3 Å². The van der Waals surface area contributed by atoms with E-state index < -0.39 is 0 Å². The van der Waals surface area contributed by atoms with E-state index in [0.717, 1.165) is 25.7 Å². The Morgan fingerprint density at radius 1 is 1.42 bits per heavy atom. The summed E-state index contributed by atoms with van der Waals surface area (Å²) in [4.78, 5) is 31.0. The molecule has 0 N–H and O–H groups in total. The van der Waals surface area contributed by atoms with Crippen LogP contribution in [0.3, 0.4) is 0 Å². The van der Waals surface area contributed by atoms with Crippen LogP contribution in [0.25, 0.3) is 11.3 Å². The first-order valence-electron chi connectivity index (χ1n) is 7.61. The number of aromatic nitrogens is 1. The second-order valence-corrected chi connectivity index (χ2v) is 9.08. The van der Waals surface area contributed by atoms with E-state index in [1.807, 2.05) is 31.2 Å². The van der Waals surface area contributed by atoms with Crippen LogP contribution in [0.4, 0.5) is 5.13 Å². The number of anilines is 1. The molecule has 1 unspecified atom stereocenters. The molecule has 0 radical (unpaired) electrons.